The summed E-state index contributed by atoms with van der Waals surface area (Å²) in [5, 5.41) is 10.8. The van der Waals surface area contributed by atoms with Crippen LogP contribution in [0.5, 0.6) is 11.5 Å². The number of nitro benzene ring substituents is 1. The fourth-order valence-electron chi connectivity index (χ4n) is 1.75. The minimum absolute atomic E-state index is 0.0385. The third-order valence-corrected chi connectivity index (χ3v) is 2.75. The summed E-state index contributed by atoms with van der Waals surface area (Å²) >= 11 is 0. The molecule has 0 radical (unpaired) electrons. The highest BCUT2D eigenvalue weighted by atomic mass is 16.6. The first-order valence-electron chi connectivity index (χ1n) is 6.23. The third-order valence-electron chi connectivity index (χ3n) is 2.75. The van der Waals surface area contributed by atoms with Crippen LogP contribution in [0.2, 0.25) is 0 Å². The summed E-state index contributed by atoms with van der Waals surface area (Å²) in [4.78, 5) is 10.4. The van der Waals surface area contributed by atoms with Gasteiger partial charge in [-0.05, 0) is 24.6 Å². The molecule has 0 fully saturated rings. The van der Waals surface area contributed by atoms with Crippen LogP contribution in [0.15, 0.2) is 48.5 Å². The van der Waals surface area contributed by atoms with Gasteiger partial charge in [-0.1, -0.05) is 30.3 Å². The Labute approximate surface area is 116 Å². The molecule has 0 aliphatic rings. The Morgan fingerprint density at radius 2 is 1.50 bits per heavy atom. The standard InChI is InChI=1S/C15H15NO4/c1-12-6-2-4-8-14(12)19-10-11-20-15-9-5-3-7-13(15)16(17)18/h2-9H,10-11H2,1H3. The number of benzene rings is 2. The van der Waals surface area contributed by atoms with Gasteiger partial charge in [-0.15, -0.1) is 0 Å². The highest BCUT2D eigenvalue weighted by Gasteiger charge is 2.13. The zero-order valence-electron chi connectivity index (χ0n) is 11.1. The number of rotatable bonds is 6. The Morgan fingerprint density at radius 3 is 2.15 bits per heavy atom. The van der Waals surface area contributed by atoms with E-state index in [-0.39, 0.29) is 18.0 Å². The molecule has 104 valence electrons. The molecule has 0 spiro atoms. The molecule has 2 rings (SSSR count). The van der Waals surface area contributed by atoms with Gasteiger partial charge in [0.15, 0.2) is 5.75 Å². The monoisotopic (exact) mass is 273 g/mol. The van der Waals surface area contributed by atoms with Gasteiger partial charge in [0.1, 0.15) is 19.0 Å². The van der Waals surface area contributed by atoms with E-state index in [4.69, 9.17) is 9.47 Å². The van der Waals surface area contributed by atoms with Crippen molar-refractivity contribution in [2.24, 2.45) is 0 Å². The Morgan fingerprint density at radius 1 is 0.950 bits per heavy atom. The van der Waals surface area contributed by atoms with Crippen molar-refractivity contribution in [1.82, 2.24) is 0 Å². The SMILES string of the molecule is Cc1ccccc1OCCOc1ccccc1[N+](=O)[O-]. The number of aryl methyl sites for hydroxylation is 1. The van der Waals surface area contributed by atoms with Crippen molar-refractivity contribution in [3.05, 3.63) is 64.2 Å². The maximum Gasteiger partial charge on any atom is 0.310 e. The topological polar surface area (TPSA) is 61.6 Å². The highest BCUT2D eigenvalue weighted by Crippen LogP contribution is 2.25. The molecule has 20 heavy (non-hydrogen) atoms. The van der Waals surface area contributed by atoms with Crippen LogP contribution in [0.4, 0.5) is 5.69 Å². The molecular formula is C15H15NO4. The van der Waals surface area contributed by atoms with Crippen LogP contribution in [0.3, 0.4) is 0 Å². The van der Waals surface area contributed by atoms with Gasteiger partial charge in [0.2, 0.25) is 0 Å². The lowest BCUT2D eigenvalue weighted by Gasteiger charge is -2.10. The predicted molar refractivity (Wildman–Crippen MR) is 75.3 cm³/mol. The van der Waals surface area contributed by atoms with E-state index in [1.807, 2.05) is 31.2 Å². The van der Waals surface area contributed by atoms with E-state index in [0.717, 1.165) is 11.3 Å². The zero-order chi connectivity index (χ0) is 14.4. The quantitative estimate of drug-likeness (QED) is 0.460. The molecule has 5 heteroatoms. The first kappa shape index (κ1) is 13.9. The van der Waals surface area contributed by atoms with E-state index in [2.05, 4.69) is 0 Å². The second-order valence-electron chi connectivity index (χ2n) is 4.19. The minimum atomic E-state index is -0.461. The predicted octanol–water partition coefficient (Wildman–Crippen LogP) is 3.36. The summed E-state index contributed by atoms with van der Waals surface area (Å²) in [7, 11) is 0. The lowest BCUT2D eigenvalue weighted by atomic mass is 10.2. The Kier molecular flexibility index (Phi) is 4.55. The molecule has 2 aromatic carbocycles. The molecule has 0 N–H and O–H groups in total. The number of para-hydroxylation sites is 3. The van der Waals surface area contributed by atoms with Crippen molar-refractivity contribution < 1.29 is 14.4 Å². The summed E-state index contributed by atoms with van der Waals surface area (Å²) < 4.78 is 11.0. The second kappa shape index (κ2) is 6.56. The van der Waals surface area contributed by atoms with Gasteiger partial charge in [-0.2, -0.15) is 0 Å². The lowest BCUT2D eigenvalue weighted by Crippen LogP contribution is -2.10. The molecule has 0 atom stereocenters. The molecule has 0 bridgehead atoms. The van der Waals surface area contributed by atoms with Crippen LogP contribution >= 0.6 is 0 Å². The van der Waals surface area contributed by atoms with Crippen molar-refractivity contribution in [2.75, 3.05) is 13.2 Å². The Balaban J connectivity index is 1.88. The Hall–Kier alpha value is -2.56. The largest absolute Gasteiger partial charge is 0.490 e. The van der Waals surface area contributed by atoms with Gasteiger partial charge in [0.05, 0.1) is 4.92 Å². The molecule has 0 aromatic heterocycles. The van der Waals surface area contributed by atoms with Crippen LogP contribution in [-0.2, 0) is 0 Å². The average molecular weight is 273 g/mol. The summed E-state index contributed by atoms with van der Waals surface area (Å²) in [6, 6.07) is 14.0. The highest BCUT2D eigenvalue weighted by molar-refractivity contribution is 5.45. The molecular weight excluding hydrogens is 258 g/mol. The summed E-state index contributed by atoms with van der Waals surface area (Å²) in [5.74, 6) is 1.05. The van der Waals surface area contributed by atoms with Gasteiger partial charge in [-0.3, -0.25) is 10.1 Å². The molecule has 0 heterocycles. The van der Waals surface area contributed by atoms with Crippen LogP contribution in [0, 0.1) is 17.0 Å². The van der Waals surface area contributed by atoms with Gasteiger partial charge >= 0.3 is 5.69 Å². The van der Waals surface area contributed by atoms with E-state index >= 15 is 0 Å². The molecule has 5 nitrogen and oxygen atoms in total. The molecule has 2 aromatic rings. The summed E-state index contributed by atoms with van der Waals surface area (Å²) in [5.41, 5.74) is 1.00. The number of hydrogen-bond donors (Lipinski definition) is 0. The fraction of sp³-hybridized carbons (Fsp3) is 0.200. The number of ether oxygens (including phenoxy) is 2. The number of nitrogens with zero attached hydrogens (tertiary/aromatic N) is 1. The van der Waals surface area contributed by atoms with E-state index in [1.54, 1.807) is 18.2 Å². The van der Waals surface area contributed by atoms with Crippen LogP contribution in [0.1, 0.15) is 5.56 Å². The maximum atomic E-state index is 10.8. The van der Waals surface area contributed by atoms with E-state index < -0.39 is 4.92 Å². The second-order valence-corrected chi connectivity index (χ2v) is 4.19. The first-order chi connectivity index (χ1) is 9.68. The summed E-state index contributed by atoms with van der Waals surface area (Å²) in [6.45, 7) is 2.54. The normalized spacial score (nSPS) is 10.1. The van der Waals surface area contributed by atoms with Crippen molar-refractivity contribution in [3.63, 3.8) is 0 Å². The average Bonchev–Trinajstić information content (AvgIpc) is 2.45. The van der Waals surface area contributed by atoms with Crippen molar-refractivity contribution in [3.8, 4) is 11.5 Å². The molecule has 0 aliphatic heterocycles. The fourth-order valence-corrected chi connectivity index (χ4v) is 1.75. The smallest absolute Gasteiger partial charge is 0.310 e. The van der Waals surface area contributed by atoms with Crippen molar-refractivity contribution in [1.29, 1.82) is 0 Å². The first-order valence-corrected chi connectivity index (χ1v) is 6.23. The molecule has 0 aliphatic carbocycles. The van der Waals surface area contributed by atoms with Crippen molar-refractivity contribution >= 4 is 5.69 Å². The summed E-state index contributed by atoms with van der Waals surface area (Å²) in [6.07, 6.45) is 0. The molecule has 0 saturated heterocycles. The van der Waals surface area contributed by atoms with Crippen molar-refractivity contribution in [2.45, 2.75) is 6.92 Å². The third kappa shape index (κ3) is 3.47. The van der Waals surface area contributed by atoms with E-state index in [9.17, 15) is 10.1 Å². The van der Waals surface area contributed by atoms with E-state index in [1.165, 1.54) is 6.07 Å². The number of nitro groups is 1. The molecule has 0 amide bonds. The van der Waals surface area contributed by atoms with Crippen LogP contribution in [0.25, 0.3) is 0 Å². The molecule has 0 unspecified atom stereocenters. The van der Waals surface area contributed by atoms with Gasteiger partial charge in [-0.25, -0.2) is 0 Å². The Bertz CT molecular complexity index is 598. The van der Waals surface area contributed by atoms with Gasteiger partial charge in [0, 0.05) is 6.07 Å². The zero-order valence-corrected chi connectivity index (χ0v) is 11.1. The maximum absolute atomic E-state index is 10.8. The van der Waals surface area contributed by atoms with Gasteiger partial charge in [0.25, 0.3) is 0 Å². The molecule has 0 saturated carbocycles. The number of hydrogen-bond acceptors (Lipinski definition) is 4. The van der Waals surface area contributed by atoms with Crippen LogP contribution in [-0.4, -0.2) is 18.1 Å². The minimum Gasteiger partial charge on any atom is -0.490 e. The van der Waals surface area contributed by atoms with Crippen LogP contribution < -0.4 is 9.47 Å². The lowest BCUT2D eigenvalue weighted by molar-refractivity contribution is -0.385. The van der Waals surface area contributed by atoms with Gasteiger partial charge < -0.3 is 9.47 Å². The van der Waals surface area contributed by atoms with E-state index in [0.29, 0.717) is 6.61 Å².